The molecule has 0 aliphatic carbocycles. The molecule has 0 aromatic carbocycles. The van der Waals surface area contributed by atoms with Crippen LogP contribution in [-0.4, -0.2) is 32.2 Å². The Morgan fingerprint density at radius 1 is 1.27 bits per heavy atom. The van der Waals surface area contributed by atoms with Crippen molar-refractivity contribution in [3.05, 3.63) is 47.5 Å². The van der Waals surface area contributed by atoms with Gasteiger partial charge in [-0.25, -0.2) is 14.3 Å². The van der Waals surface area contributed by atoms with Crippen LogP contribution >= 0.6 is 0 Å². The molecule has 112 valence electrons. The van der Waals surface area contributed by atoms with E-state index in [9.17, 15) is 4.79 Å². The van der Waals surface area contributed by atoms with E-state index in [0.717, 1.165) is 16.8 Å². The van der Waals surface area contributed by atoms with Crippen molar-refractivity contribution in [1.29, 1.82) is 0 Å². The number of pyridine rings is 1. The third kappa shape index (κ3) is 2.43. The summed E-state index contributed by atoms with van der Waals surface area (Å²) in [5.41, 5.74) is 4.02. The quantitative estimate of drug-likeness (QED) is 0.695. The van der Waals surface area contributed by atoms with Crippen molar-refractivity contribution in [2.24, 2.45) is 0 Å². The van der Waals surface area contributed by atoms with Crippen molar-refractivity contribution in [3.63, 3.8) is 0 Å². The maximum Gasteiger partial charge on any atom is 0.359 e. The van der Waals surface area contributed by atoms with Crippen molar-refractivity contribution >= 4 is 11.6 Å². The molecule has 6 heteroatoms. The van der Waals surface area contributed by atoms with Crippen LogP contribution in [-0.2, 0) is 4.74 Å². The lowest BCUT2D eigenvalue weighted by molar-refractivity contribution is 0.0517. The van der Waals surface area contributed by atoms with Crippen LogP contribution < -0.4 is 0 Å². The number of aryl methyl sites for hydroxylation is 2. The predicted octanol–water partition coefficient (Wildman–Crippen LogP) is 2.58. The van der Waals surface area contributed by atoms with Gasteiger partial charge >= 0.3 is 5.97 Å². The van der Waals surface area contributed by atoms with Crippen LogP contribution in [0.25, 0.3) is 16.9 Å². The molecule has 0 fully saturated rings. The van der Waals surface area contributed by atoms with Gasteiger partial charge in [0.2, 0.25) is 0 Å². The number of fused-ring (bicyclic) bond motifs is 1. The molecule has 3 aromatic rings. The summed E-state index contributed by atoms with van der Waals surface area (Å²) in [5.74, 6) is -0.440. The van der Waals surface area contributed by atoms with E-state index in [-0.39, 0.29) is 0 Å². The van der Waals surface area contributed by atoms with Crippen LogP contribution in [0.4, 0.5) is 0 Å². The minimum absolute atomic E-state index is 0.295. The number of rotatable bonds is 3. The average Bonchev–Trinajstić information content (AvgIpc) is 2.86. The fourth-order valence-corrected chi connectivity index (χ4v) is 2.29. The van der Waals surface area contributed by atoms with Gasteiger partial charge in [0.05, 0.1) is 12.3 Å². The molecular formula is C16H16N4O2. The minimum Gasteiger partial charge on any atom is -0.461 e. The maximum atomic E-state index is 12.4. The van der Waals surface area contributed by atoms with Gasteiger partial charge in [-0.3, -0.25) is 4.98 Å². The number of aromatic nitrogens is 4. The first-order valence-corrected chi connectivity index (χ1v) is 7.05. The first-order chi connectivity index (χ1) is 10.6. The molecule has 6 nitrogen and oxygen atoms in total. The highest BCUT2D eigenvalue weighted by Gasteiger charge is 2.23. The highest BCUT2D eigenvalue weighted by atomic mass is 16.5. The monoisotopic (exact) mass is 296 g/mol. The molecule has 3 heterocycles. The number of ether oxygens (including phenoxy) is 1. The highest BCUT2D eigenvalue weighted by Crippen LogP contribution is 2.25. The number of imidazole rings is 1. The molecule has 0 atom stereocenters. The van der Waals surface area contributed by atoms with Crippen molar-refractivity contribution in [3.8, 4) is 11.3 Å². The minimum atomic E-state index is -0.440. The zero-order valence-electron chi connectivity index (χ0n) is 12.7. The van der Waals surface area contributed by atoms with E-state index in [1.807, 2.05) is 32.0 Å². The van der Waals surface area contributed by atoms with E-state index < -0.39 is 5.97 Å². The van der Waals surface area contributed by atoms with Gasteiger partial charge in [0, 0.05) is 18.0 Å². The van der Waals surface area contributed by atoms with Gasteiger partial charge in [-0.1, -0.05) is 0 Å². The van der Waals surface area contributed by atoms with Gasteiger partial charge in [0.1, 0.15) is 5.69 Å². The Labute approximate surface area is 127 Å². The lowest BCUT2D eigenvalue weighted by Gasteiger charge is -2.05. The number of hydrogen-bond donors (Lipinski definition) is 0. The molecule has 0 amide bonds. The van der Waals surface area contributed by atoms with Gasteiger partial charge in [0.15, 0.2) is 11.3 Å². The van der Waals surface area contributed by atoms with Crippen LogP contribution in [0.2, 0.25) is 0 Å². The molecule has 0 N–H and O–H groups in total. The largest absolute Gasteiger partial charge is 0.461 e. The number of carbonyl (C=O) groups is 1. The Bertz CT molecular complexity index is 854. The predicted molar refractivity (Wildman–Crippen MR) is 81.6 cm³/mol. The third-order valence-corrected chi connectivity index (χ3v) is 3.23. The highest BCUT2D eigenvalue weighted by molar-refractivity contribution is 5.95. The molecule has 0 bridgehead atoms. The molecule has 0 spiro atoms. The summed E-state index contributed by atoms with van der Waals surface area (Å²) in [6, 6.07) is 5.62. The number of hydrogen-bond acceptors (Lipinski definition) is 5. The van der Waals surface area contributed by atoms with Crippen molar-refractivity contribution < 1.29 is 9.53 Å². The van der Waals surface area contributed by atoms with Crippen LogP contribution in [0.1, 0.15) is 28.7 Å². The fourth-order valence-electron chi connectivity index (χ4n) is 2.29. The van der Waals surface area contributed by atoms with Crippen LogP contribution in [0.5, 0.6) is 0 Å². The van der Waals surface area contributed by atoms with Crippen molar-refractivity contribution in [2.45, 2.75) is 20.8 Å². The fraction of sp³-hybridized carbons (Fsp3) is 0.250. The summed E-state index contributed by atoms with van der Waals surface area (Å²) >= 11 is 0. The molecular weight excluding hydrogens is 280 g/mol. The topological polar surface area (TPSA) is 69.4 Å². The van der Waals surface area contributed by atoms with Crippen molar-refractivity contribution in [1.82, 2.24) is 19.6 Å². The molecule has 0 saturated heterocycles. The number of carbonyl (C=O) groups excluding carboxylic acids is 1. The zero-order chi connectivity index (χ0) is 15.7. The summed E-state index contributed by atoms with van der Waals surface area (Å²) in [4.78, 5) is 21.1. The van der Waals surface area contributed by atoms with Gasteiger partial charge in [-0.15, -0.1) is 0 Å². The van der Waals surface area contributed by atoms with Gasteiger partial charge < -0.3 is 4.74 Å². The van der Waals surface area contributed by atoms with Crippen LogP contribution in [0.15, 0.2) is 30.6 Å². The average molecular weight is 296 g/mol. The summed E-state index contributed by atoms with van der Waals surface area (Å²) in [6.45, 7) is 5.87. The molecule has 3 aromatic heterocycles. The molecule has 0 aliphatic rings. The lowest BCUT2D eigenvalue weighted by Crippen LogP contribution is -2.11. The third-order valence-electron chi connectivity index (χ3n) is 3.23. The van der Waals surface area contributed by atoms with Crippen molar-refractivity contribution in [2.75, 3.05) is 6.61 Å². The zero-order valence-corrected chi connectivity index (χ0v) is 12.7. The summed E-state index contributed by atoms with van der Waals surface area (Å²) in [5, 5.41) is 4.38. The summed E-state index contributed by atoms with van der Waals surface area (Å²) in [6.07, 6.45) is 3.44. The summed E-state index contributed by atoms with van der Waals surface area (Å²) < 4.78 is 6.70. The van der Waals surface area contributed by atoms with E-state index >= 15 is 0 Å². The SMILES string of the molecule is CCOC(=O)c1c(-c2cncc(C)c2)nc2ccc(C)nn12. The Kier molecular flexibility index (Phi) is 3.58. The smallest absolute Gasteiger partial charge is 0.359 e. The maximum absolute atomic E-state index is 12.4. The molecule has 0 radical (unpaired) electrons. The Hall–Kier alpha value is -2.76. The van der Waals surface area contributed by atoms with E-state index in [1.54, 1.807) is 19.3 Å². The van der Waals surface area contributed by atoms with Gasteiger partial charge in [-0.2, -0.15) is 5.10 Å². The van der Waals surface area contributed by atoms with E-state index in [2.05, 4.69) is 15.1 Å². The molecule has 0 unspecified atom stereocenters. The van der Waals surface area contributed by atoms with Gasteiger partial charge in [-0.05, 0) is 44.5 Å². The Balaban J connectivity index is 2.29. The van der Waals surface area contributed by atoms with Crippen LogP contribution in [0.3, 0.4) is 0 Å². The molecule has 22 heavy (non-hydrogen) atoms. The molecule has 3 rings (SSSR count). The molecule has 0 aliphatic heterocycles. The normalized spacial score (nSPS) is 10.9. The molecule has 0 saturated carbocycles. The second kappa shape index (κ2) is 5.55. The Morgan fingerprint density at radius 2 is 2.09 bits per heavy atom. The second-order valence-corrected chi connectivity index (χ2v) is 5.03. The standard InChI is InChI=1S/C16H16N4O2/c1-4-22-16(21)15-14(12-7-10(2)8-17-9-12)18-13-6-5-11(3)19-20(13)15/h5-9H,4H2,1-3H3. The number of nitrogens with zero attached hydrogens (tertiary/aromatic N) is 4. The number of esters is 1. The van der Waals surface area contributed by atoms with E-state index in [1.165, 1.54) is 4.52 Å². The second-order valence-electron chi connectivity index (χ2n) is 5.03. The van der Waals surface area contributed by atoms with E-state index in [4.69, 9.17) is 4.74 Å². The first-order valence-electron chi connectivity index (χ1n) is 7.05. The van der Waals surface area contributed by atoms with Crippen LogP contribution in [0, 0.1) is 13.8 Å². The van der Waals surface area contributed by atoms with Gasteiger partial charge in [0.25, 0.3) is 0 Å². The Morgan fingerprint density at radius 3 is 2.82 bits per heavy atom. The van der Waals surface area contributed by atoms with E-state index in [0.29, 0.717) is 23.6 Å². The lowest BCUT2D eigenvalue weighted by atomic mass is 10.1. The summed E-state index contributed by atoms with van der Waals surface area (Å²) in [7, 11) is 0. The first kappa shape index (κ1) is 14.2.